The van der Waals surface area contributed by atoms with Crippen LogP contribution in [0.3, 0.4) is 0 Å². The molecule has 1 fully saturated rings. The zero-order chi connectivity index (χ0) is 13.7. The largest absolute Gasteiger partial charge is 0.472 e. The van der Waals surface area contributed by atoms with E-state index in [0.29, 0.717) is 13.1 Å². The Labute approximate surface area is 121 Å². The second kappa shape index (κ2) is 7.96. The summed E-state index contributed by atoms with van der Waals surface area (Å²) in [7, 11) is 0. The molecule has 1 aliphatic heterocycles. The van der Waals surface area contributed by atoms with E-state index >= 15 is 0 Å². The van der Waals surface area contributed by atoms with Gasteiger partial charge < -0.3 is 15.0 Å². The molecule has 0 unspecified atom stereocenters. The van der Waals surface area contributed by atoms with Crippen molar-refractivity contribution in [3.63, 3.8) is 0 Å². The van der Waals surface area contributed by atoms with Crippen LogP contribution in [-0.4, -0.2) is 55.0 Å². The Morgan fingerprint density at radius 1 is 1.40 bits per heavy atom. The van der Waals surface area contributed by atoms with Crippen molar-refractivity contribution in [3.8, 4) is 5.88 Å². The third-order valence-electron chi connectivity index (χ3n) is 2.70. The molecular formula is C12H16ClF2N3O2. The van der Waals surface area contributed by atoms with Gasteiger partial charge in [-0.25, -0.2) is 13.8 Å². The minimum Gasteiger partial charge on any atom is -0.472 e. The van der Waals surface area contributed by atoms with Gasteiger partial charge in [0.25, 0.3) is 12.3 Å². The smallest absolute Gasteiger partial charge is 0.272 e. The molecule has 1 N–H and O–H groups in total. The maximum Gasteiger partial charge on any atom is 0.272 e. The van der Waals surface area contributed by atoms with Gasteiger partial charge in [0.2, 0.25) is 5.88 Å². The number of halogens is 3. The van der Waals surface area contributed by atoms with E-state index in [1.165, 1.54) is 6.07 Å². The highest BCUT2D eigenvalue weighted by Crippen LogP contribution is 2.11. The molecule has 0 aromatic carbocycles. The average Bonchev–Trinajstić information content (AvgIpc) is 2.45. The predicted molar refractivity (Wildman–Crippen MR) is 71.8 cm³/mol. The molecule has 1 saturated heterocycles. The zero-order valence-corrected chi connectivity index (χ0v) is 11.5. The van der Waals surface area contributed by atoms with E-state index < -0.39 is 13.0 Å². The van der Waals surface area contributed by atoms with Gasteiger partial charge in [-0.15, -0.1) is 12.4 Å². The highest BCUT2D eigenvalue weighted by molar-refractivity contribution is 5.92. The van der Waals surface area contributed by atoms with E-state index in [1.54, 1.807) is 17.0 Å². The molecule has 8 heteroatoms. The summed E-state index contributed by atoms with van der Waals surface area (Å²) in [6.07, 6.45) is -2.56. The summed E-state index contributed by atoms with van der Waals surface area (Å²) >= 11 is 0. The van der Waals surface area contributed by atoms with Gasteiger partial charge in [0.1, 0.15) is 5.69 Å². The monoisotopic (exact) mass is 307 g/mol. The van der Waals surface area contributed by atoms with Gasteiger partial charge in [0, 0.05) is 32.2 Å². The molecule has 112 valence electrons. The number of carbonyl (C=O) groups is 1. The number of nitrogens with one attached hydrogen (secondary N) is 1. The Morgan fingerprint density at radius 3 is 2.75 bits per heavy atom. The number of amides is 1. The fourth-order valence-electron chi connectivity index (χ4n) is 1.79. The lowest BCUT2D eigenvalue weighted by atomic mass is 10.3. The van der Waals surface area contributed by atoms with Crippen LogP contribution in [0.4, 0.5) is 8.78 Å². The van der Waals surface area contributed by atoms with Crippen LogP contribution in [-0.2, 0) is 0 Å². The number of carbonyl (C=O) groups excluding carboxylic acids is 1. The standard InChI is InChI=1S/C12H15F2N3O2.ClH/c13-10(14)8-19-11-3-1-2-9(16-11)12(18)17-6-4-15-5-7-17;/h1-3,10,15H,4-8H2;1H. The van der Waals surface area contributed by atoms with Crippen molar-refractivity contribution in [3.05, 3.63) is 23.9 Å². The molecular weight excluding hydrogens is 292 g/mol. The summed E-state index contributed by atoms with van der Waals surface area (Å²) in [5, 5.41) is 3.14. The molecule has 2 rings (SSSR count). The van der Waals surface area contributed by atoms with Crippen LogP contribution in [0.1, 0.15) is 10.5 Å². The van der Waals surface area contributed by atoms with Gasteiger partial charge in [0.05, 0.1) is 0 Å². The number of hydrogen-bond donors (Lipinski definition) is 1. The van der Waals surface area contributed by atoms with Crippen LogP contribution in [0.2, 0.25) is 0 Å². The van der Waals surface area contributed by atoms with Crippen LogP contribution in [0, 0.1) is 0 Å². The number of piperazine rings is 1. The maximum atomic E-state index is 12.1. The quantitative estimate of drug-likeness (QED) is 0.908. The molecule has 0 spiro atoms. The lowest BCUT2D eigenvalue weighted by Crippen LogP contribution is -2.46. The zero-order valence-electron chi connectivity index (χ0n) is 10.7. The number of hydrogen-bond acceptors (Lipinski definition) is 4. The average molecular weight is 308 g/mol. The summed E-state index contributed by atoms with van der Waals surface area (Å²) in [5.41, 5.74) is 0.216. The Morgan fingerprint density at radius 2 is 2.10 bits per heavy atom. The van der Waals surface area contributed by atoms with Crippen molar-refractivity contribution >= 4 is 18.3 Å². The van der Waals surface area contributed by atoms with E-state index in [9.17, 15) is 13.6 Å². The first-order valence-electron chi connectivity index (χ1n) is 6.05. The molecule has 0 atom stereocenters. The third-order valence-corrected chi connectivity index (χ3v) is 2.70. The fraction of sp³-hybridized carbons (Fsp3) is 0.500. The first kappa shape index (κ1) is 16.6. The normalized spacial score (nSPS) is 14.8. The Kier molecular flexibility index (Phi) is 6.60. The maximum absolute atomic E-state index is 12.1. The first-order valence-corrected chi connectivity index (χ1v) is 6.05. The highest BCUT2D eigenvalue weighted by Gasteiger charge is 2.19. The molecule has 1 aliphatic rings. The van der Waals surface area contributed by atoms with Gasteiger partial charge >= 0.3 is 0 Å². The lowest BCUT2D eigenvalue weighted by Gasteiger charge is -2.27. The molecule has 1 aromatic rings. The number of rotatable bonds is 4. The van der Waals surface area contributed by atoms with Crippen molar-refractivity contribution < 1.29 is 18.3 Å². The van der Waals surface area contributed by atoms with Crippen LogP contribution < -0.4 is 10.1 Å². The number of aromatic nitrogens is 1. The summed E-state index contributed by atoms with van der Waals surface area (Å²) in [6.45, 7) is 1.99. The van der Waals surface area contributed by atoms with Gasteiger partial charge in [-0.1, -0.05) is 6.07 Å². The molecule has 0 radical (unpaired) electrons. The van der Waals surface area contributed by atoms with Gasteiger partial charge in [-0.2, -0.15) is 0 Å². The second-order valence-electron chi connectivity index (χ2n) is 4.11. The molecule has 1 amide bonds. The van der Waals surface area contributed by atoms with E-state index in [0.717, 1.165) is 13.1 Å². The topological polar surface area (TPSA) is 54.5 Å². The molecule has 0 aliphatic carbocycles. The predicted octanol–water partition coefficient (Wildman–Crippen LogP) is 1.19. The van der Waals surface area contributed by atoms with Gasteiger partial charge in [-0.3, -0.25) is 4.79 Å². The summed E-state index contributed by atoms with van der Waals surface area (Å²) in [4.78, 5) is 17.8. The molecule has 2 heterocycles. The van der Waals surface area contributed by atoms with E-state index in [1.807, 2.05) is 0 Å². The molecule has 0 bridgehead atoms. The first-order chi connectivity index (χ1) is 9.16. The Bertz CT molecular complexity index is 442. The van der Waals surface area contributed by atoms with Crippen molar-refractivity contribution in [2.45, 2.75) is 6.43 Å². The van der Waals surface area contributed by atoms with E-state index in [4.69, 9.17) is 4.74 Å². The SMILES string of the molecule is Cl.O=C(c1cccc(OCC(F)F)n1)N1CCNCC1. The summed E-state index contributed by atoms with van der Waals surface area (Å²) in [6, 6.07) is 4.58. The number of alkyl halides is 2. The number of ether oxygens (including phenoxy) is 1. The Hall–Kier alpha value is -1.47. The molecule has 1 aromatic heterocycles. The van der Waals surface area contributed by atoms with Crippen LogP contribution in [0.15, 0.2) is 18.2 Å². The van der Waals surface area contributed by atoms with Crippen molar-refractivity contribution in [1.82, 2.24) is 15.2 Å². The third kappa shape index (κ3) is 4.57. The minimum atomic E-state index is -2.56. The summed E-state index contributed by atoms with van der Waals surface area (Å²) in [5.74, 6) is -0.162. The minimum absolute atomic E-state index is 0. The second-order valence-corrected chi connectivity index (χ2v) is 4.11. The van der Waals surface area contributed by atoms with Crippen molar-refractivity contribution in [2.75, 3.05) is 32.8 Å². The highest BCUT2D eigenvalue weighted by atomic mass is 35.5. The molecule has 5 nitrogen and oxygen atoms in total. The van der Waals surface area contributed by atoms with Crippen LogP contribution in [0.25, 0.3) is 0 Å². The lowest BCUT2D eigenvalue weighted by molar-refractivity contribution is 0.0720. The summed E-state index contributed by atoms with van der Waals surface area (Å²) < 4.78 is 28.9. The molecule has 0 saturated carbocycles. The van der Waals surface area contributed by atoms with Gasteiger partial charge in [0.15, 0.2) is 6.61 Å². The van der Waals surface area contributed by atoms with Crippen molar-refractivity contribution in [2.24, 2.45) is 0 Å². The van der Waals surface area contributed by atoms with Crippen LogP contribution >= 0.6 is 12.4 Å². The van der Waals surface area contributed by atoms with E-state index in [2.05, 4.69) is 10.3 Å². The number of nitrogens with zero attached hydrogens (tertiary/aromatic N) is 2. The molecule has 20 heavy (non-hydrogen) atoms. The van der Waals surface area contributed by atoms with E-state index in [-0.39, 0.29) is 29.9 Å². The van der Waals surface area contributed by atoms with Crippen molar-refractivity contribution in [1.29, 1.82) is 0 Å². The number of pyridine rings is 1. The fourth-order valence-corrected chi connectivity index (χ4v) is 1.79. The van der Waals surface area contributed by atoms with Crippen LogP contribution in [0.5, 0.6) is 5.88 Å². The van der Waals surface area contributed by atoms with Gasteiger partial charge in [-0.05, 0) is 6.07 Å². The Balaban J connectivity index is 0.00000200.